The van der Waals surface area contributed by atoms with Crippen molar-refractivity contribution < 1.29 is 9.18 Å². The Morgan fingerprint density at radius 2 is 1.77 bits per heavy atom. The van der Waals surface area contributed by atoms with Crippen molar-refractivity contribution in [1.29, 1.82) is 0 Å². The molecule has 2 aromatic carbocycles. The van der Waals surface area contributed by atoms with E-state index in [-0.39, 0.29) is 29.2 Å². The highest BCUT2D eigenvalue weighted by Crippen LogP contribution is 2.27. The zero-order valence-corrected chi connectivity index (χ0v) is 20.5. The summed E-state index contributed by atoms with van der Waals surface area (Å²) in [5.74, 6) is 0.193. The number of carbonyl (C=O) groups excluding carboxylic acids is 1. The van der Waals surface area contributed by atoms with E-state index in [0.717, 1.165) is 16.8 Å². The third-order valence-corrected chi connectivity index (χ3v) is 7.52. The lowest BCUT2D eigenvalue weighted by Gasteiger charge is -2.33. The number of amides is 1. The van der Waals surface area contributed by atoms with Crippen LogP contribution in [0, 0.1) is 18.7 Å². The van der Waals surface area contributed by atoms with E-state index >= 15 is 0 Å². The molecule has 35 heavy (non-hydrogen) atoms. The molecular weight excluding hydrogens is 463 g/mol. The van der Waals surface area contributed by atoms with Gasteiger partial charge in [-0.2, -0.15) is 0 Å². The first-order chi connectivity index (χ1) is 16.9. The lowest BCUT2D eigenvalue weighted by molar-refractivity contribution is -0.126. The SMILES string of the molecule is Cc1ccc(-n2c(N3CCC(C(=O)N[C@H](C)c4ccc(F)cc4)CC3)nc3ccsc3c2=O)cc1. The maximum Gasteiger partial charge on any atom is 0.277 e. The Labute approximate surface area is 207 Å². The number of carbonyl (C=O) groups is 1. The molecule has 0 radical (unpaired) electrons. The van der Waals surface area contributed by atoms with Crippen molar-refractivity contribution in [3.05, 3.63) is 87.3 Å². The Balaban J connectivity index is 1.35. The monoisotopic (exact) mass is 490 g/mol. The fraction of sp³-hybridized carbons (Fsp3) is 0.296. The lowest BCUT2D eigenvalue weighted by Crippen LogP contribution is -2.43. The molecule has 1 fully saturated rings. The van der Waals surface area contributed by atoms with Crippen molar-refractivity contribution >= 4 is 33.4 Å². The molecule has 6 nitrogen and oxygen atoms in total. The Kier molecular flexibility index (Phi) is 6.38. The van der Waals surface area contributed by atoms with E-state index in [0.29, 0.717) is 42.1 Å². The summed E-state index contributed by atoms with van der Waals surface area (Å²) in [6.07, 6.45) is 1.32. The number of piperidine rings is 1. The molecule has 2 aromatic heterocycles. The highest BCUT2D eigenvalue weighted by atomic mass is 32.1. The number of nitrogens with zero attached hydrogens (tertiary/aromatic N) is 3. The molecule has 3 heterocycles. The largest absolute Gasteiger partial charge is 0.349 e. The van der Waals surface area contributed by atoms with Gasteiger partial charge in [-0.1, -0.05) is 29.8 Å². The van der Waals surface area contributed by atoms with Crippen molar-refractivity contribution in [2.45, 2.75) is 32.7 Å². The van der Waals surface area contributed by atoms with Crippen LogP contribution in [0.2, 0.25) is 0 Å². The molecule has 0 bridgehead atoms. The van der Waals surface area contributed by atoms with E-state index in [1.54, 1.807) is 16.7 Å². The molecule has 180 valence electrons. The van der Waals surface area contributed by atoms with Crippen LogP contribution in [0.4, 0.5) is 10.3 Å². The molecule has 0 unspecified atom stereocenters. The van der Waals surface area contributed by atoms with Crippen LogP contribution in [0.5, 0.6) is 0 Å². The van der Waals surface area contributed by atoms with Crippen LogP contribution in [-0.4, -0.2) is 28.5 Å². The number of nitrogens with one attached hydrogen (secondary N) is 1. The van der Waals surface area contributed by atoms with E-state index in [1.807, 2.05) is 49.6 Å². The maximum atomic E-state index is 13.4. The third-order valence-electron chi connectivity index (χ3n) is 6.63. The van der Waals surface area contributed by atoms with E-state index in [1.165, 1.54) is 23.5 Å². The fourth-order valence-corrected chi connectivity index (χ4v) is 5.31. The van der Waals surface area contributed by atoms with Gasteiger partial charge >= 0.3 is 0 Å². The smallest absolute Gasteiger partial charge is 0.277 e. The van der Waals surface area contributed by atoms with Crippen molar-refractivity contribution in [3.8, 4) is 5.69 Å². The minimum Gasteiger partial charge on any atom is -0.349 e. The molecule has 1 amide bonds. The molecular formula is C27H27FN4O2S. The molecule has 1 atom stereocenters. The molecule has 0 saturated carbocycles. The number of anilines is 1. The highest BCUT2D eigenvalue weighted by molar-refractivity contribution is 7.17. The van der Waals surface area contributed by atoms with Gasteiger partial charge in [0.05, 0.1) is 17.2 Å². The van der Waals surface area contributed by atoms with Crippen LogP contribution in [0.25, 0.3) is 15.9 Å². The van der Waals surface area contributed by atoms with Crippen LogP contribution in [0.1, 0.15) is 36.9 Å². The lowest BCUT2D eigenvalue weighted by atomic mass is 9.95. The second-order valence-corrected chi connectivity index (χ2v) is 9.98. The standard InChI is InChI=1S/C27H27FN4O2S/c1-17-3-9-22(10-4-17)32-26(34)24-23(13-16-35-24)30-27(32)31-14-11-20(12-15-31)25(33)29-18(2)19-5-7-21(28)8-6-19/h3-10,13,16,18,20H,11-12,14-15H2,1-2H3,(H,29,33)/t18-/m1/s1. The predicted molar refractivity (Wildman–Crippen MR) is 138 cm³/mol. The first-order valence-corrected chi connectivity index (χ1v) is 12.7. The number of hydrogen-bond acceptors (Lipinski definition) is 5. The second kappa shape index (κ2) is 9.62. The summed E-state index contributed by atoms with van der Waals surface area (Å²) in [6, 6.07) is 15.7. The number of benzene rings is 2. The van der Waals surface area contributed by atoms with Gasteiger partial charge in [0.15, 0.2) is 0 Å². The number of halogens is 1. The second-order valence-electron chi connectivity index (χ2n) is 9.07. The molecule has 4 aromatic rings. The molecule has 1 aliphatic rings. The zero-order chi connectivity index (χ0) is 24.5. The van der Waals surface area contributed by atoms with Gasteiger partial charge in [-0.25, -0.2) is 13.9 Å². The molecule has 1 aliphatic heterocycles. The number of rotatable bonds is 5. The Morgan fingerprint density at radius 1 is 1.09 bits per heavy atom. The van der Waals surface area contributed by atoms with Crippen LogP contribution in [-0.2, 0) is 4.79 Å². The number of aromatic nitrogens is 2. The number of aryl methyl sites for hydroxylation is 1. The number of hydrogen-bond donors (Lipinski definition) is 1. The van der Waals surface area contributed by atoms with Crippen molar-refractivity contribution in [2.24, 2.45) is 5.92 Å². The van der Waals surface area contributed by atoms with E-state index in [4.69, 9.17) is 4.98 Å². The van der Waals surface area contributed by atoms with Crippen molar-refractivity contribution in [1.82, 2.24) is 14.9 Å². The third kappa shape index (κ3) is 4.71. The van der Waals surface area contributed by atoms with E-state index in [9.17, 15) is 14.0 Å². The highest BCUT2D eigenvalue weighted by Gasteiger charge is 2.29. The van der Waals surface area contributed by atoms with E-state index < -0.39 is 0 Å². The van der Waals surface area contributed by atoms with Gasteiger partial charge < -0.3 is 10.2 Å². The molecule has 8 heteroatoms. The summed E-state index contributed by atoms with van der Waals surface area (Å²) in [5, 5.41) is 4.95. The normalized spacial score (nSPS) is 15.3. The minimum absolute atomic E-state index is 0.00125. The van der Waals surface area contributed by atoms with Gasteiger partial charge in [-0.15, -0.1) is 11.3 Å². The van der Waals surface area contributed by atoms with Crippen LogP contribution >= 0.6 is 11.3 Å². The fourth-order valence-electron chi connectivity index (χ4n) is 4.55. The topological polar surface area (TPSA) is 67.2 Å². The molecule has 0 aliphatic carbocycles. The molecule has 1 N–H and O–H groups in total. The average Bonchev–Trinajstić information content (AvgIpc) is 3.34. The van der Waals surface area contributed by atoms with Crippen molar-refractivity contribution in [3.63, 3.8) is 0 Å². The first kappa shape index (κ1) is 23.2. The molecule has 0 spiro atoms. The summed E-state index contributed by atoms with van der Waals surface area (Å²) in [7, 11) is 0. The Bertz CT molecular complexity index is 1400. The number of fused-ring (bicyclic) bond motifs is 1. The Hall–Kier alpha value is -3.52. The van der Waals surface area contributed by atoms with E-state index in [2.05, 4.69) is 10.2 Å². The zero-order valence-electron chi connectivity index (χ0n) is 19.7. The summed E-state index contributed by atoms with van der Waals surface area (Å²) < 4.78 is 15.5. The number of thiophene rings is 1. The molecule has 5 rings (SSSR count). The summed E-state index contributed by atoms with van der Waals surface area (Å²) in [4.78, 5) is 33.3. The molecule has 1 saturated heterocycles. The van der Waals surface area contributed by atoms with Gasteiger partial charge in [0.25, 0.3) is 5.56 Å². The van der Waals surface area contributed by atoms with Gasteiger partial charge in [0, 0.05) is 19.0 Å². The van der Waals surface area contributed by atoms with Gasteiger partial charge in [0.2, 0.25) is 11.9 Å². The maximum absolute atomic E-state index is 13.4. The summed E-state index contributed by atoms with van der Waals surface area (Å²) >= 11 is 1.40. The van der Waals surface area contributed by atoms with Crippen molar-refractivity contribution in [2.75, 3.05) is 18.0 Å². The minimum atomic E-state index is -0.294. The van der Waals surface area contributed by atoms with Gasteiger partial charge in [-0.3, -0.25) is 9.59 Å². The average molecular weight is 491 g/mol. The van der Waals surface area contributed by atoms with Crippen LogP contribution < -0.4 is 15.8 Å². The quantitative estimate of drug-likeness (QED) is 0.428. The van der Waals surface area contributed by atoms with Gasteiger partial charge in [-0.05, 0) is 68.0 Å². The summed E-state index contributed by atoms with van der Waals surface area (Å²) in [5.41, 5.74) is 3.40. The predicted octanol–water partition coefficient (Wildman–Crippen LogP) is 4.99. The van der Waals surface area contributed by atoms with Crippen LogP contribution in [0.15, 0.2) is 64.8 Å². The summed E-state index contributed by atoms with van der Waals surface area (Å²) in [6.45, 7) is 5.16. The van der Waals surface area contributed by atoms with Crippen LogP contribution in [0.3, 0.4) is 0 Å². The Morgan fingerprint density at radius 3 is 2.46 bits per heavy atom. The van der Waals surface area contributed by atoms with Gasteiger partial charge in [0.1, 0.15) is 10.5 Å². The first-order valence-electron chi connectivity index (χ1n) is 11.8.